The largest absolute Gasteiger partial charge is 0.299 e. The minimum absolute atomic E-state index is 0.0991. The second-order valence-corrected chi connectivity index (χ2v) is 9.94. The van der Waals surface area contributed by atoms with Crippen molar-refractivity contribution < 1.29 is 14.4 Å². The minimum Gasteiger partial charge on any atom is -0.299 e. The Morgan fingerprint density at radius 2 is 1.19 bits per heavy atom. The second-order valence-electron chi connectivity index (χ2n) is 9.94. The van der Waals surface area contributed by atoms with Crippen LogP contribution in [0.2, 0.25) is 0 Å². The predicted octanol–water partition coefficient (Wildman–Crippen LogP) is 5.49. The average molecular weight is 470 g/mol. The van der Waals surface area contributed by atoms with E-state index in [9.17, 15) is 14.4 Å². The Bertz CT molecular complexity index is 1520. The fraction of sp³-hybridized carbons (Fsp3) is 0.156. The molecule has 4 aromatic rings. The molecule has 36 heavy (non-hydrogen) atoms. The molecule has 4 aromatic carbocycles. The van der Waals surface area contributed by atoms with Crippen LogP contribution in [0.5, 0.6) is 0 Å². The number of nitrogens with zero attached hydrogens (tertiary/aromatic N) is 1. The van der Waals surface area contributed by atoms with Crippen LogP contribution in [0.1, 0.15) is 35.1 Å². The highest BCUT2D eigenvalue weighted by Gasteiger charge is 2.69. The molecule has 0 saturated carbocycles. The van der Waals surface area contributed by atoms with E-state index in [4.69, 9.17) is 0 Å². The van der Waals surface area contributed by atoms with Gasteiger partial charge in [0.1, 0.15) is 5.78 Å². The summed E-state index contributed by atoms with van der Waals surface area (Å²) in [7, 11) is 0. The van der Waals surface area contributed by atoms with Gasteiger partial charge in [-0.05, 0) is 52.4 Å². The minimum atomic E-state index is -1.17. The van der Waals surface area contributed by atoms with Crippen molar-refractivity contribution in [2.45, 2.75) is 18.3 Å². The summed E-state index contributed by atoms with van der Waals surface area (Å²) in [5.41, 5.74) is 5.15. The van der Waals surface area contributed by atoms with Crippen molar-refractivity contribution in [1.82, 2.24) is 0 Å². The quantitative estimate of drug-likeness (QED) is 0.373. The maximum atomic E-state index is 14.2. The molecular formula is C32H23NO3. The van der Waals surface area contributed by atoms with Crippen molar-refractivity contribution in [3.05, 3.63) is 125 Å². The molecule has 1 heterocycles. The molecule has 0 unspecified atom stereocenters. The standard InChI is InChI=1S/C32H23NO3/c1-19(34)32-25-13-7-5-11-23(25)27(24-12-6-8-14-26(24)32)28-29(32)31(36)33(30(28)35)22-17-15-21(16-18-22)20-9-3-2-4-10-20/h2-18,27-29H,1H3/t27?,28-,29+,32?/m1/s1. The Hall–Kier alpha value is -4.31. The molecule has 174 valence electrons. The fourth-order valence-electron chi connectivity index (χ4n) is 7.06. The number of Topliss-reactive ketones (excluding diaryl/α,β-unsaturated/α-hetero) is 1. The maximum absolute atomic E-state index is 14.2. The van der Waals surface area contributed by atoms with Crippen molar-refractivity contribution in [2.24, 2.45) is 11.8 Å². The smallest absolute Gasteiger partial charge is 0.239 e. The molecule has 0 N–H and O–H groups in total. The zero-order valence-electron chi connectivity index (χ0n) is 19.7. The third-order valence-electron chi connectivity index (χ3n) is 8.41. The van der Waals surface area contributed by atoms with Gasteiger partial charge in [-0.25, -0.2) is 4.90 Å². The van der Waals surface area contributed by atoms with Crippen LogP contribution in [0.25, 0.3) is 11.1 Å². The molecule has 4 nitrogen and oxygen atoms in total. The lowest BCUT2D eigenvalue weighted by molar-refractivity contribution is -0.132. The number of rotatable bonds is 3. The van der Waals surface area contributed by atoms with Gasteiger partial charge in [-0.2, -0.15) is 0 Å². The number of hydrogen-bond acceptors (Lipinski definition) is 3. The van der Waals surface area contributed by atoms with Gasteiger partial charge in [0.05, 0.1) is 22.9 Å². The van der Waals surface area contributed by atoms with E-state index in [2.05, 4.69) is 0 Å². The molecule has 0 radical (unpaired) electrons. The van der Waals surface area contributed by atoms with Crippen LogP contribution in [0.4, 0.5) is 5.69 Å². The van der Waals surface area contributed by atoms with E-state index in [1.54, 1.807) is 6.92 Å². The van der Waals surface area contributed by atoms with Gasteiger partial charge in [0.15, 0.2) is 0 Å². The molecule has 4 aliphatic rings. The molecule has 0 spiro atoms. The number of hydrogen-bond donors (Lipinski definition) is 0. The summed E-state index contributed by atoms with van der Waals surface area (Å²) in [6.45, 7) is 1.56. The molecule has 3 aliphatic carbocycles. The summed E-state index contributed by atoms with van der Waals surface area (Å²) in [5.74, 6) is -2.24. The number of benzene rings is 4. The number of carbonyl (C=O) groups is 3. The Morgan fingerprint density at radius 3 is 1.78 bits per heavy atom. The van der Waals surface area contributed by atoms with Gasteiger partial charge in [0.2, 0.25) is 11.8 Å². The first-order valence-corrected chi connectivity index (χ1v) is 12.3. The Labute approximate surface area is 209 Å². The SMILES string of the molecule is CC(=O)C12c3ccccc3C(c3ccccc31)[C@H]1C(=O)N(c3ccc(-c4ccccc4)cc3)C(=O)[C@H]12. The molecule has 4 heteroatoms. The van der Waals surface area contributed by atoms with E-state index in [0.29, 0.717) is 5.69 Å². The van der Waals surface area contributed by atoms with E-state index >= 15 is 0 Å². The topological polar surface area (TPSA) is 54.5 Å². The Kier molecular flexibility index (Phi) is 4.29. The van der Waals surface area contributed by atoms with E-state index in [1.807, 2.05) is 103 Å². The molecule has 1 aliphatic heterocycles. The van der Waals surface area contributed by atoms with E-state index in [1.165, 1.54) is 4.90 Å². The van der Waals surface area contributed by atoms with Gasteiger partial charge in [0.25, 0.3) is 0 Å². The number of imide groups is 1. The number of amides is 2. The van der Waals surface area contributed by atoms with E-state index < -0.39 is 17.3 Å². The highest BCUT2D eigenvalue weighted by molar-refractivity contribution is 6.25. The van der Waals surface area contributed by atoms with Gasteiger partial charge in [-0.1, -0.05) is 91.0 Å². The van der Waals surface area contributed by atoms with Crippen LogP contribution in [0, 0.1) is 11.8 Å². The van der Waals surface area contributed by atoms with Crippen molar-refractivity contribution in [3.8, 4) is 11.1 Å². The molecule has 2 amide bonds. The number of ketones is 1. The second kappa shape index (κ2) is 7.34. The summed E-state index contributed by atoms with van der Waals surface area (Å²) in [6, 6.07) is 33.2. The molecule has 0 aromatic heterocycles. The summed E-state index contributed by atoms with van der Waals surface area (Å²) in [5, 5.41) is 0. The van der Waals surface area contributed by atoms with Crippen LogP contribution < -0.4 is 4.90 Å². The maximum Gasteiger partial charge on any atom is 0.239 e. The van der Waals surface area contributed by atoms with Crippen molar-refractivity contribution in [2.75, 3.05) is 4.90 Å². The lowest BCUT2D eigenvalue weighted by atomic mass is 9.46. The van der Waals surface area contributed by atoms with Crippen molar-refractivity contribution >= 4 is 23.3 Å². The normalized spacial score (nSPS) is 25.4. The average Bonchev–Trinajstić information content (AvgIpc) is 3.19. The first-order valence-electron chi connectivity index (χ1n) is 12.3. The fourth-order valence-corrected chi connectivity index (χ4v) is 7.06. The molecule has 1 saturated heterocycles. The van der Waals surface area contributed by atoms with Gasteiger partial charge in [-0.3, -0.25) is 14.4 Å². The first kappa shape index (κ1) is 21.0. The van der Waals surface area contributed by atoms with Crippen LogP contribution in [0.3, 0.4) is 0 Å². The lowest BCUT2D eigenvalue weighted by Gasteiger charge is -2.52. The van der Waals surface area contributed by atoms with Gasteiger partial charge < -0.3 is 0 Å². The molecule has 8 rings (SSSR count). The summed E-state index contributed by atoms with van der Waals surface area (Å²) < 4.78 is 0. The van der Waals surface area contributed by atoms with Crippen LogP contribution in [0.15, 0.2) is 103 Å². The zero-order valence-corrected chi connectivity index (χ0v) is 19.7. The Morgan fingerprint density at radius 1 is 0.667 bits per heavy atom. The number of anilines is 1. The van der Waals surface area contributed by atoms with Gasteiger partial charge in [-0.15, -0.1) is 0 Å². The monoisotopic (exact) mass is 469 g/mol. The van der Waals surface area contributed by atoms with Gasteiger partial charge >= 0.3 is 0 Å². The van der Waals surface area contributed by atoms with E-state index in [-0.39, 0.29) is 23.5 Å². The van der Waals surface area contributed by atoms with Gasteiger partial charge in [0, 0.05) is 5.92 Å². The summed E-state index contributed by atoms with van der Waals surface area (Å²) in [6.07, 6.45) is 0. The summed E-state index contributed by atoms with van der Waals surface area (Å²) >= 11 is 0. The van der Waals surface area contributed by atoms with E-state index in [0.717, 1.165) is 33.4 Å². The molecular weight excluding hydrogens is 446 g/mol. The first-order chi connectivity index (χ1) is 17.5. The van der Waals surface area contributed by atoms with Crippen LogP contribution >= 0.6 is 0 Å². The zero-order chi connectivity index (χ0) is 24.6. The molecule has 1 fully saturated rings. The number of carbonyl (C=O) groups excluding carboxylic acids is 3. The van der Waals surface area contributed by atoms with Crippen molar-refractivity contribution in [1.29, 1.82) is 0 Å². The third kappa shape index (κ3) is 2.46. The summed E-state index contributed by atoms with van der Waals surface area (Å²) in [4.78, 5) is 43.2. The molecule has 2 bridgehead atoms. The predicted molar refractivity (Wildman–Crippen MR) is 138 cm³/mol. The van der Waals surface area contributed by atoms with Crippen LogP contribution in [-0.2, 0) is 19.8 Å². The third-order valence-corrected chi connectivity index (χ3v) is 8.41. The lowest BCUT2D eigenvalue weighted by Crippen LogP contribution is -2.57. The molecule has 2 atom stereocenters. The van der Waals surface area contributed by atoms with Crippen molar-refractivity contribution in [3.63, 3.8) is 0 Å². The highest BCUT2D eigenvalue weighted by atomic mass is 16.2. The highest BCUT2D eigenvalue weighted by Crippen LogP contribution is 2.64. The van der Waals surface area contributed by atoms with Crippen LogP contribution in [-0.4, -0.2) is 17.6 Å². The Balaban J connectivity index is 1.41.